The van der Waals surface area contributed by atoms with Gasteiger partial charge in [-0.15, -0.1) is 0 Å². The molecule has 0 bridgehead atoms. The maximum Gasteiger partial charge on any atom is 0.269 e. The molecule has 0 aromatic carbocycles. The van der Waals surface area contributed by atoms with E-state index in [9.17, 15) is 4.79 Å². The van der Waals surface area contributed by atoms with E-state index in [2.05, 4.69) is 26.0 Å². The zero-order valence-electron chi connectivity index (χ0n) is 8.51. The smallest absolute Gasteiger partial charge is 0.269 e. The summed E-state index contributed by atoms with van der Waals surface area (Å²) in [7, 11) is 0. The second-order valence-electron chi connectivity index (χ2n) is 3.30. The lowest BCUT2D eigenvalue weighted by Crippen LogP contribution is -2.12. The molecular weight excluding hydrogens is 272 g/mol. The number of carbonyl (C=O) groups is 1. The highest BCUT2D eigenvalue weighted by atomic mass is 79.9. The zero-order chi connectivity index (χ0) is 11.7. The highest BCUT2D eigenvalue weighted by Crippen LogP contribution is 2.16. The first kappa shape index (κ1) is 10.8. The number of aromatic nitrogens is 3. The Bertz CT molecular complexity index is 550. The summed E-state index contributed by atoms with van der Waals surface area (Å²) in [4.78, 5) is 15.1. The molecule has 0 unspecified atom stereocenters. The van der Waals surface area contributed by atoms with Crippen LogP contribution in [0, 0.1) is 6.92 Å². The third-order valence-electron chi connectivity index (χ3n) is 2.11. The fourth-order valence-electron chi connectivity index (χ4n) is 1.23. The van der Waals surface area contributed by atoms with Gasteiger partial charge < -0.3 is 5.73 Å². The average Bonchev–Trinajstić information content (AvgIpc) is 2.71. The fourth-order valence-corrected chi connectivity index (χ4v) is 1.45. The number of amides is 1. The molecule has 0 aliphatic heterocycles. The molecule has 2 heterocycles. The molecule has 2 aromatic heterocycles. The molecule has 0 aliphatic carbocycles. The molecule has 5 nitrogen and oxygen atoms in total. The Kier molecular flexibility index (Phi) is 2.74. The molecule has 0 radical (unpaired) electrons. The van der Waals surface area contributed by atoms with Crippen molar-refractivity contribution in [1.82, 2.24) is 14.8 Å². The van der Waals surface area contributed by atoms with Gasteiger partial charge in [0, 0.05) is 16.9 Å². The van der Waals surface area contributed by atoms with Crippen molar-refractivity contribution in [3.8, 4) is 5.82 Å². The fraction of sp³-hybridized carbons (Fsp3) is 0.100. The van der Waals surface area contributed by atoms with E-state index in [1.54, 1.807) is 18.5 Å². The zero-order valence-corrected chi connectivity index (χ0v) is 10.1. The Morgan fingerprint density at radius 2 is 2.31 bits per heavy atom. The molecule has 0 fully saturated rings. The SMILES string of the molecule is Cc1cc(-n2ccc(C(N)=O)n2)ncc1Br. The standard InChI is InChI=1S/C10H9BrN4O/c1-6-4-9(13-5-7(6)11)15-3-2-8(14-15)10(12)16/h2-5H,1H3,(H2,12,16). The number of hydrogen-bond donors (Lipinski definition) is 1. The van der Waals surface area contributed by atoms with E-state index in [-0.39, 0.29) is 5.69 Å². The first-order valence-corrected chi connectivity index (χ1v) is 5.35. The molecule has 0 atom stereocenters. The van der Waals surface area contributed by atoms with Crippen LogP contribution >= 0.6 is 15.9 Å². The van der Waals surface area contributed by atoms with Gasteiger partial charge in [0.05, 0.1) is 0 Å². The van der Waals surface area contributed by atoms with Gasteiger partial charge in [-0.25, -0.2) is 9.67 Å². The van der Waals surface area contributed by atoms with Crippen LogP contribution in [0.5, 0.6) is 0 Å². The van der Waals surface area contributed by atoms with Gasteiger partial charge in [-0.3, -0.25) is 4.79 Å². The van der Waals surface area contributed by atoms with Crippen molar-refractivity contribution in [3.63, 3.8) is 0 Å². The minimum absolute atomic E-state index is 0.224. The van der Waals surface area contributed by atoms with Crippen LogP contribution < -0.4 is 5.73 Å². The quantitative estimate of drug-likeness (QED) is 0.905. The molecule has 1 amide bonds. The number of rotatable bonds is 2. The number of primary amides is 1. The number of carbonyl (C=O) groups excluding carboxylic acids is 1. The highest BCUT2D eigenvalue weighted by Gasteiger charge is 2.07. The van der Waals surface area contributed by atoms with Gasteiger partial charge in [0.25, 0.3) is 5.91 Å². The van der Waals surface area contributed by atoms with Crippen LogP contribution in [0.15, 0.2) is 29.0 Å². The first-order chi connectivity index (χ1) is 7.58. The lowest BCUT2D eigenvalue weighted by Gasteiger charge is -2.02. The van der Waals surface area contributed by atoms with Crippen molar-refractivity contribution in [1.29, 1.82) is 0 Å². The van der Waals surface area contributed by atoms with Crippen LogP contribution in [0.2, 0.25) is 0 Å². The first-order valence-electron chi connectivity index (χ1n) is 4.56. The van der Waals surface area contributed by atoms with Crippen LogP contribution in [0.1, 0.15) is 16.1 Å². The van der Waals surface area contributed by atoms with Crippen molar-refractivity contribution < 1.29 is 4.79 Å². The number of nitrogens with zero attached hydrogens (tertiary/aromatic N) is 3. The molecule has 2 aromatic rings. The van der Waals surface area contributed by atoms with Crippen LogP contribution in [0.4, 0.5) is 0 Å². The molecular formula is C10H9BrN4O. The van der Waals surface area contributed by atoms with E-state index in [0.717, 1.165) is 10.0 Å². The summed E-state index contributed by atoms with van der Waals surface area (Å²) in [5.41, 5.74) is 6.38. The number of halogens is 1. The second-order valence-corrected chi connectivity index (χ2v) is 4.16. The molecule has 0 saturated carbocycles. The van der Waals surface area contributed by atoms with Crippen LogP contribution in [0.3, 0.4) is 0 Å². The van der Waals surface area contributed by atoms with Crippen LogP contribution in [-0.4, -0.2) is 20.7 Å². The van der Waals surface area contributed by atoms with Gasteiger partial charge in [0.2, 0.25) is 0 Å². The Hall–Kier alpha value is -1.69. The monoisotopic (exact) mass is 280 g/mol. The van der Waals surface area contributed by atoms with Crippen LogP contribution in [0.25, 0.3) is 5.82 Å². The minimum Gasteiger partial charge on any atom is -0.364 e. The van der Waals surface area contributed by atoms with E-state index in [4.69, 9.17) is 5.73 Å². The summed E-state index contributed by atoms with van der Waals surface area (Å²) in [5.74, 6) is 0.0979. The van der Waals surface area contributed by atoms with Crippen LogP contribution in [-0.2, 0) is 0 Å². The summed E-state index contributed by atoms with van der Waals surface area (Å²) in [5, 5.41) is 4.02. The predicted octanol–water partition coefficient (Wildman–Crippen LogP) is 1.44. The molecule has 2 N–H and O–H groups in total. The number of pyridine rings is 1. The van der Waals surface area contributed by atoms with Crippen molar-refractivity contribution in [2.45, 2.75) is 6.92 Å². The van der Waals surface area contributed by atoms with Gasteiger partial charge in [0.1, 0.15) is 5.69 Å². The predicted molar refractivity (Wildman–Crippen MR) is 62.3 cm³/mol. The maximum absolute atomic E-state index is 10.9. The topological polar surface area (TPSA) is 73.8 Å². The third-order valence-corrected chi connectivity index (χ3v) is 2.94. The van der Waals surface area contributed by atoms with Crippen molar-refractivity contribution in [3.05, 3.63) is 40.3 Å². The summed E-state index contributed by atoms with van der Waals surface area (Å²) < 4.78 is 2.44. The number of aryl methyl sites for hydroxylation is 1. The second kappa shape index (κ2) is 4.05. The Morgan fingerprint density at radius 3 is 2.88 bits per heavy atom. The lowest BCUT2D eigenvalue weighted by molar-refractivity contribution is 0.0995. The third kappa shape index (κ3) is 1.96. The minimum atomic E-state index is -0.549. The van der Waals surface area contributed by atoms with Crippen molar-refractivity contribution >= 4 is 21.8 Å². The van der Waals surface area contributed by atoms with Crippen molar-refractivity contribution in [2.75, 3.05) is 0 Å². The maximum atomic E-state index is 10.9. The van der Waals surface area contributed by atoms with Gasteiger partial charge >= 0.3 is 0 Å². The molecule has 6 heteroatoms. The van der Waals surface area contributed by atoms with E-state index in [1.807, 2.05) is 13.0 Å². The Balaban J connectivity index is 2.42. The van der Waals surface area contributed by atoms with Gasteiger partial charge in [-0.2, -0.15) is 5.10 Å². The van der Waals surface area contributed by atoms with Gasteiger partial charge in [-0.05, 0) is 40.5 Å². The van der Waals surface area contributed by atoms with Crippen molar-refractivity contribution in [2.24, 2.45) is 5.73 Å². The summed E-state index contributed by atoms with van der Waals surface area (Å²) in [6.45, 7) is 1.95. The average molecular weight is 281 g/mol. The molecule has 2 rings (SSSR count). The molecule has 16 heavy (non-hydrogen) atoms. The van der Waals surface area contributed by atoms with Gasteiger partial charge in [-0.1, -0.05) is 0 Å². The number of hydrogen-bond acceptors (Lipinski definition) is 3. The molecule has 0 saturated heterocycles. The van der Waals surface area contributed by atoms with Gasteiger partial charge in [0.15, 0.2) is 5.82 Å². The summed E-state index contributed by atoms with van der Waals surface area (Å²) in [6.07, 6.45) is 3.34. The summed E-state index contributed by atoms with van der Waals surface area (Å²) in [6, 6.07) is 3.42. The number of nitrogens with two attached hydrogens (primary N) is 1. The lowest BCUT2D eigenvalue weighted by atomic mass is 10.3. The Morgan fingerprint density at radius 1 is 1.56 bits per heavy atom. The van der Waals surface area contributed by atoms with E-state index >= 15 is 0 Å². The van der Waals surface area contributed by atoms with E-state index in [1.165, 1.54) is 4.68 Å². The molecule has 82 valence electrons. The molecule has 0 spiro atoms. The van der Waals surface area contributed by atoms with E-state index in [0.29, 0.717) is 5.82 Å². The van der Waals surface area contributed by atoms with E-state index < -0.39 is 5.91 Å². The molecule has 0 aliphatic rings. The largest absolute Gasteiger partial charge is 0.364 e. The Labute approximate surface area is 100 Å². The highest BCUT2D eigenvalue weighted by molar-refractivity contribution is 9.10. The normalized spacial score (nSPS) is 10.4. The summed E-state index contributed by atoms with van der Waals surface area (Å²) >= 11 is 3.36.